The van der Waals surface area contributed by atoms with Crippen molar-refractivity contribution in [1.82, 2.24) is 5.32 Å². The second-order valence-corrected chi connectivity index (χ2v) is 3.42. The summed E-state index contributed by atoms with van der Waals surface area (Å²) >= 11 is 0. The Kier molecular flexibility index (Phi) is 8.64. The highest BCUT2D eigenvalue weighted by molar-refractivity contribution is 5.70. The summed E-state index contributed by atoms with van der Waals surface area (Å²) in [6, 6.07) is 0.278. The molecule has 1 N–H and O–H groups in total. The van der Waals surface area contributed by atoms with Crippen LogP contribution in [0.4, 0.5) is 0 Å². The Morgan fingerprint density at radius 3 is 2.57 bits per heavy atom. The Bertz CT molecular complexity index is 148. The zero-order valence-electron chi connectivity index (χ0n) is 9.64. The van der Waals surface area contributed by atoms with E-state index in [1.165, 1.54) is 12.8 Å². The Balaban J connectivity index is 3.61. The van der Waals surface area contributed by atoms with Crippen LogP contribution in [-0.4, -0.2) is 25.2 Å². The SMILES string of the molecule is CCCCNC(CC)CC(=O)OCC. The third kappa shape index (κ3) is 6.89. The minimum absolute atomic E-state index is 0.0941. The van der Waals surface area contributed by atoms with Crippen molar-refractivity contribution in [1.29, 1.82) is 0 Å². The Morgan fingerprint density at radius 1 is 1.36 bits per heavy atom. The van der Waals surface area contributed by atoms with Crippen molar-refractivity contribution in [2.45, 2.75) is 52.5 Å². The van der Waals surface area contributed by atoms with Crippen molar-refractivity contribution < 1.29 is 9.53 Å². The van der Waals surface area contributed by atoms with E-state index in [0.717, 1.165) is 13.0 Å². The van der Waals surface area contributed by atoms with Gasteiger partial charge in [-0.1, -0.05) is 20.3 Å². The lowest BCUT2D eigenvalue weighted by molar-refractivity contribution is -0.143. The van der Waals surface area contributed by atoms with Gasteiger partial charge in [-0.3, -0.25) is 4.79 Å². The van der Waals surface area contributed by atoms with Crippen molar-refractivity contribution in [3.05, 3.63) is 0 Å². The molecule has 1 unspecified atom stereocenters. The van der Waals surface area contributed by atoms with Crippen LogP contribution in [0.1, 0.15) is 46.5 Å². The van der Waals surface area contributed by atoms with E-state index in [1.807, 2.05) is 6.92 Å². The van der Waals surface area contributed by atoms with Crippen LogP contribution in [0.5, 0.6) is 0 Å². The largest absolute Gasteiger partial charge is 0.466 e. The van der Waals surface area contributed by atoms with Crippen molar-refractivity contribution >= 4 is 5.97 Å². The first-order chi connectivity index (χ1) is 6.74. The molecule has 0 spiro atoms. The van der Waals surface area contributed by atoms with E-state index in [1.54, 1.807) is 0 Å². The van der Waals surface area contributed by atoms with Crippen LogP contribution in [0.25, 0.3) is 0 Å². The first-order valence-corrected chi connectivity index (χ1v) is 5.63. The molecule has 0 aliphatic carbocycles. The molecule has 0 bridgehead atoms. The predicted molar refractivity (Wildman–Crippen MR) is 58.2 cm³/mol. The average Bonchev–Trinajstić information content (AvgIpc) is 2.17. The molecule has 3 nitrogen and oxygen atoms in total. The molecule has 14 heavy (non-hydrogen) atoms. The van der Waals surface area contributed by atoms with Crippen LogP contribution in [0.3, 0.4) is 0 Å². The fourth-order valence-corrected chi connectivity index (χ4v) is 1.26. The monoisotopic (exact) mass is 201 g/mol. The maximum atomic E-state index is 11.2. The van der Waals surface area contributed by atoms with Crippen molar-refractivity contribution in [2.75, 3.05) is 13.2 Å². The maximum Gasteiger partial charge on any atom is 0.307 e. The van der Waals surface area contributed by atoms with Gasteiger partial charge in [-0.25, -0.2) is 0 Å². The summed E-state index contributed by atoms with van der Waals surface area (Å²) in [5.41, 5.74) is 0. The second kappa shape index (κ2) is 9.00. The molecule has 0 aromatic carbocycles. The van der Waals surface area contributed by atoms with Gasteiger partial charge >= 0.3 is 5.97 Å². The van der Waals surface area contributed by atoms with Crippen LogP contribution in [0.15, 0.2) is 0 Å². The normalized spacial score (nSPS) is 12.5. The molecule has 3 heteroatoms. The van der Waals surface area contributed by atoms with Crippen LogP contribution in [0.2, 0.25) is 0 Å². The fraction of sp³-hybridized carbons (Fsp3) is 0.909. The fourth-order valence-electron chi connectivity index (χ4n) is 1.26. The second-order valence-electron chi connectivity index (χ2n) is 3.42. The number of carbonyl (C=O) groups excluding carboxylic acids is 1. The number of nitrogens with one attached hydrogen (secondary N) is 1. The molecule has 84 valence electrons. The molecule has 0 aliphatic heterocycles. The lowest BCUT2D eigenvalue weighted by Gasteiger charge is -2.15. The summed E-state index contributed by atoms with van der Waals surface area (Å²) in [5.74, 6) is -0.0941. The van der Waals surface area contributed by atoms with Gasteiger partial charge in [0.1, 0.15) is 0 Å². The van der Waals surface area contributed by atoms with Gasteiger partial charge in [-0.2, -0.15) is 0 Å². The van der Waals surface area contributed by atoms with Gasteiger partial charge in [-0.15, -0.1) is 0 Å². The smallest absolute Gasteiger partial charge is 0.307 e. The molecule has 1 atom stereocenters. The zero-order valence-corrected chi connectivity index (χ0v) is 9.64. The van der Waals surface area contributed by atoms with E-state index >= 15 is 0 Å². The summed E-state index contributed by atoms with van der Waals surface area (Å²) in [6.45, 7) is 7.55. The van der Waals surface area contributed by atoms with Gasteiger partial charge in [0.2, 0.25) is 0 Å². The molecule has 0 fully saturated rings. The van der Waals surface area contributed by atoms with Crippen LogP contribution in [0, 0.1) is 0 Å². The van der Waals surface area contributed by atoms with Gasteiger partial charge < -0.3 is 10.1 Å². The molecule has 0 heterocycles. The number of ether oxygens (including phenoxy) is 1. The maximum absolute atomic E-state index is 11.2. The van der Waals surface area contributed by atoms with Crippen molar-refractivity contribution in [3.63, 3.8) is 0 Å². The standard InChI is InChI=1S/C11H23NO2/c1-4-7-8-12-10(5-2)9-11(13)14-6-3/h10,12H,4-9H2,1-3H3. The number of carbonyl (C=O) groups is 1. The topological polar surface area (TPSA) is 38.3 Å². The molecule has 0 rings (SSSR count). The van der Waals surface area contributed by atoms with E-state index < -0.39 is 0 Å². The molecule has 0 saturated carbocycles. The highest BCUT2D eigenvalue weighted by Crippen LogP contribution is 2.00. The number of rotatable bonds is 8. The Labute approximate surface area is 87.2 Å². The van der Waals surface area contributed by atoms with E-state index in [9.17, 15) is 4.79 Å². The first kappa shape index (κ1) is 13.4. The van der Waals surface area contributed by atoms with E-state index in [0.29, 0.717) is 13.0 Å². The summed E-state index contributed by atoms with van der Waals surface area (Å²) in [7, 11) is 0. The summed E-state index contributed by atoms with van der Waals surface area (Å²) in [4.78, 5) is 11.2. The Hall–Kier alpha value is -0.570. The molecule has 0 saturated heterocycles. The number of unbranched alkanes of at least 4 members (excludes halogenated alkanes) is 1. The lowest BCUT2D eigenvalue weighted by atomic mass is 10.1. The molecule has 0 aromatic heterocycles. The molecular formula is C11H23NO2. The highest BCUT2D eigenvalue weighted by Gasteiger charge is 2.11. The summed E-state index contributed by atoms with van der Waals surface area (Å²) in [6.07, 6.45) is 3.82. The zero-order chi connectivity index (χ0) is 10.8. The molecular weight excluding hydrogens is 178 g/mol. The van der Waals surface area contributed by atoms with E-state index in [2.05, 4.69) is 19.2 Å². The first-order valence-electron chi connectivity index (χ1n) is 5.63. The van der Waals surface area contributed by atoms with E-state index in [4.69, 9.17) is 4.74 Å². The minimum atomic E-state index is -0.0941. The minimum Gasteiger partial charge on any atom is -0.466 e. The van der Waals surface area contributed by atoms with Gasteiger partial charge in [0.15, 0.2) is 0 Å². The summed E-state index contributed by atoms with van der Waals surface area (Å²) < 4.78 is 4.90. The quantitative estimate of drug-likeness (QED) is 0.483. The molecule has 0 aliphatic rings. The number of esters is 1. The lowest BCUT2D eigenvalue weighted by Crippen LogP contribution is -2.32. The molecule has 0 amide bonds. The van der Waals surface area contributed by atoms with Gasteiger partial charge in [0.25, 0.3) is 0 Å². The summed E-state index contributed by atoms with van der Waals surface area (Å²) in [5, 5.41) is 3.36. The van der Waals surface area contributed by atoms with E-state index in [-0.39, 0.29) is 12.0 Å². The van der Waals surface area contributed by atoms with Gasteiger partial charge in [0.05, 0.1) is 13.0 Å². The predicted octanol–water partition coefficient (Wildman–Crippen LogP) is 2.11. The van der Waals surface area contributed by atoms with Crippen molar-refractivity contribution in [3.8, 4) is 0 Å². The third-order valence-corrected chi connectivity index (χ3v) is 2.17. The highest BCUT2D eigenvalue weighted by atomic mass is 16.5. The van der Waals surface area contributed by atoms with Crippen molar-refractivity contribution in [2.24, 2.45) is 0 Å². The van der Waals surface area contributed by atoms with Crippen LogP contribution < -0.4 is 5.32 Å². The molecule has 0 radical (unpaired) electrons. The molecule has 0 aromatic rings. The number of hydrogen-bond acceptors (Lipinski definition) is 3. The van der Waals surface area contributed by atoms with Gasteiger partial charge in [0, 0.05) is 6.04 Å². The number of hydrogen-bond donors (Lipinski definition) is 1. The third-order valence-electron chi connectivity index (χ3n) is 2.17. The average molecular weight is 201 g/mol. The van der Waals surface area contributed by atoms with Crippen LogP contribution >= 0.6 is 0 Å². The van der Waals surface area contributed by atoms with Crippen LogP contribution in [-0.2, 0) is 9.53 Å². The Morgan fingerprint density at radius 2 is 2.07 bits per heavy atom. The van der Waals surface area contributed by atoms with Gasteiger partial charge in [-0.05, 0) is 26.3 Å².